The summed E-state index contributed by atoms with van der Waals surface area (Å²) in [6.07, 6.45) is 0. The number of carbonyl (C=O) groups is 1. The van der Waals surface area contributed by atoms with E-state index in [1.165, 1.54) is 0 Å². The third-order valence-electron chi connectivity index (χ3n) is 3.77. The van der Waals surface area contributed by atoms with Crippen LogP contribution in [0.1, 0.15) is 12.5 Å². The molecule has 1 aliphatic rings. The van der Waals surface area contributed by atoms with Crippen molar-refractivity contribution in [3.8, 4) is 11.5 Å². The number of nitrogens with one attached hydrogen (secondary N) is 1. The number of fused-ring (bicyclic) bond motifs is 1. The molecule has 0 radical (unpaired) electrons. The third-order valence-corrected chi connectivity index (χ3v) is 3.77. The standard InChI is InChI=1S/C18H20N2O3/c1-2-20(12-14-6-4-3-5-7-14)18(21)11-19-15-8-9-16-17(10-15)23-13-22-16/h3-10,19H,2,11-13H2,1H3. The van der Waals surface area contributed by atoms with E-state index in [9.17, 15) is 4.79 Å². The molecule has 0 bridgehead atoms. The van der Waals surface area contributed by atoms with E-state index in [2.05, 4.69) is 5.32 Å². The second-order valence-corrected chi connectivity index (χ2v) is 5.32. The molecule has 0 atom stereocenters. The van der Waals surface area contributed by atoms with Gasteiger partial charge in [-0.2, -0.15) is 0 Å². The summed E-state index contributed by atoms with van der Waals surface area (Å²) in [6, 6.07) is 15.6. The Bertz CT molecular complexity index is 673. The van der Waals surface area contributed by atoms with Crippen molar-refractivity contribution in [2.75, 3.05) is 25.2 Å². The SMILES string of the molecule is CCN(Cc1ccccc1)C(=O)CNc1ccc2c(c1)OCO2. The summed E-state index contributed by atoms with van der Waals surface area (Å²) in [5.41, 5.74) is 1.98. The van der Waals surface area contributed by atoms with Crippen molar-refractivity contribution in [3.63, 3.8) is 0 Å². The Morgan fingerprint density at radius 2 is 1.91 bits per heavy atom. The predicted octanol–water partition coefficient (Wildman–Crippen LogP) is 2.88. The molecule has 1 aliphatic heterocycles. The zero-order chi connectivity index (χ0) is 16.1. The first-order valence-corrected chi connectivity index (χ1v) is 7.71. The highest BCUT2D eigenvalue weighted by Gasteiger charge is 2.15. The summed E-state index contributed by atoms with van der Waals surface area (Å²) in [7, 11) is 0. The summed E-state index contributed by atoms with van der Waals surface area (Å²) in [5, 5.41) is 3.15. The van der Waals surface area contributed by atoms with Crippen LogP contribution >= 0.6 is 0 Å². The molecule has 1 N–H and O–H groups in total. The maximum atomic E-state index is 12.4. The van der Waals surface area contributed by atoms with Gasteiger partial charge in [0.1, 0.15) is 0 Å². The Balaban J connectivity index is 1.57. The van der Waals surface area contributed by atoms with Crippen LogP contribution in [0.2, 0.25) is 0 Å². The molecule has 23 heavy (non-hydrogen) atoms. The number of amides is 1. The van der Waals surface area contributed by atoms with E-state index in [1.54, 1.807) is 0 Å². The highest BCUT2D eigenvalue weighted by Crippen LogP contribution is 2.34. The van der Waals surface area contributed by atoms with E-state index in [-0.39, 0.29) is 19.2 Å². The lowest BCUT2D eigenvalue weighted by Gasteiger charge is -2.21. The van der Waals surface area contributed by atoms with E-state index < -0.39 is 0 Å². The molecular formula is C18H20N2O3. The van der Waals surface area contributed by atoms with Crippen LogP contribution in [0.5, 0.6) is 11.5 Å². The molecule has 1 heterocycles. The molecule has 3 rings (SSSR count). The van der Waals surface area contributed by atoms with Gasteiger partial charge in [0.15, 0.2) is 11.5 Å². The van der Waals surface area contributed by atoms with Crippen molar-refractivity contribution in [1.29, 1.82) is 0 Å². The molecule has 5 nitrogen and oxygen atoms in total. The van der Waals surface area contributed by atoms with Crippen LogP contribution in [-0.2, 0) is 11.3 Å². The second-order valence-electron chi connectivity index (χ2n) is 5.32. The lowest BCUT2D eigenvalue weighted by atomic mass is 10.2. The minimum Gasteiger partial charge on any atom is -0.454 e. The molecule has 0 saturated heterocycles. The van der Waals surface area contributed by atoms with Gasteiger partial charge in [0.05, 0.1) is 6.54 Å². The number of benzene rings is 2. The van der Waals surface area contributed by atoms with Crippen LogP contribution in [0.4, 0.5) is 5.69 Å². The number of hydrogen-bond acceptors (Lipinski definition) is 4. The molecule has 1 amide bonds. The minimum atomic E-state index is 0.0639. The molecule has 120 valence electrons. The number of likely N-dealkylation sites (N-methyl/N-ethyl adjacent to an activating group) is 1. The lowest BCUT2D eigenvalue weighted by molar-refractivity contribution is -0.129. The van der Waals surface area contributed by atoms with Gasteiger partial charge < -0.3 is 19.7 Å². The molecule has 0 spiro atoms. The molecule has 0 saturated carbocycles. The summed E-state index contributed by atoms with van der Waals surface area (Å²) in [4.78, 5) is 14.2. The molecule has 0 aromatic heterocycles. The van der Waals surface area contributed by atoms with Gasteiger partial charge >= 0.3 is 0 Å². The molecule has 2 aromatic carbocycles. The van der Waals surface area contributed by atoms with Crippen LogP contribution in [0.15, 0.2) is 48.5 Å². The summed E-state index contributed by atoms with van der Waals surface area (Å²) in [5.74, 6) is 1.51. The quantitative estimate of drug-likeness (QED) is 0.891. The summed E-state index contributed by atoms with van der Waals surface area (Å²) in [6.45, 7) is 3.79. The van der Waals surface area contributed by atoms with Crippen molar-refractivity contribution >= 4 is 11.6 Å². The average Bonchev–Trinajstić information content (AvgIpc) is 3.06. The number of nitrogens with zero attached hydrogens (tertiary/aromatic N) is 1. The zero-order valence-corrected chi connectivity index (χ0v) is 13.1. The molecule has 0 unspecified atom stereocenters. The van der Waals surface area contributed by atoms with Gasteiger partial charge in [-0.05, 0) is 24.6 Å². The van der Waals surface area contributed by atoms with E-state index in [4.69, 9.17) is 9.47 Å². The van der Waals surface area contributed by atoms with Gasteiger partial charge in [-0.3, -0.25) is 4.79 Å². The Hall–Kier alpha value is -2.69. The van der Waals surface area contributed by atoms with Crippen LogP contribution in [0.25, 0.3) is 0 Å². The molecule has 5 heteroatoms. The number of rotatable bonds is 6. The number of anilines is 1. The van der Waals surface area contributed by atoms with Gasteiger partial charge in [0.2, 0.25) is 12.7 Å². The summed E-state index contributed by atoms with van der Waals surface area (Å²) >= 11 is 0. The minimum absolute atomic E-state index is 0.0639. The smallest absolute Gasteiger partial charge is 0.242 e. The molecular weight excluding hydrogens is 292 g/mol. The number of carbonyl (C=O) groups excluding carboxylic acids is 1. The van der Waals surface area contributed by atoms with Crippen molar-refractivity contribution < 1.29 is 14.3 Å². The Labute approximate surface area is 135 Å². The fourth-order valence-electron chi connectivity index (χ4n) is 2.48. The van der Waals surface area contributed by atoms with Crippen molar-refractivity contribution in [3.05, 3.63) is 54.1 Å². The topological polar surface area (TPSA) is 50.8 Å². The first-order valence-electron chi connectivity index (χ1n) is 7.71. The van der Waals surface area contributed by atoms with Crippen molar-refractivity contribution in [1.82, 2.24) is 4.90 Å². The third kappa shape index (κ3) is 3.74. The monoisotopic (exact) mass is 312 g/mol. The first-order chi connectivity index (χ1) is 11.3. The van der Waals surface area contributed by atoms with Gasteiger partial charge in [-0.25, -0.2) is 0 Å². The Kier molecular flexibility index (Phi) is 4.66. The zero-order valence-electron chi connectivity index (χ0n) is 13.1. The van der Waals surface area contributed by atoms with E-state index >= 15 is 0 Å². The Morgan fingerprint density at radius 3 is 2.70 bits per heavy atom. The van der Waals surface area contributed by atoms with Crippen molar-refractivity contribution in [2.45, 2.75) is 13.5 Å². The lowest BCUT2D eigenvalue weighted by Crippen LogP contribution is -2.34. The Morgan fingerprint density at radius 1 is 1.13 bits per heavy atom. The normalized spacial score (nSPS) is 12.0. The van der Waals surface area contributed by atoms with Crippen LogP contribution in [0, 0.1) is 0 Å². The van der Waals surface area contributed by atoms with Gasteiger partial charge in [0, 0.05) is 24.8 Å². The maximum Gasteiger partial charge on any atom is 0.242 e. The average molecular weight is 312 g/mol. The highest BCUT2D eigenvalue weighted by atomic mass is 16.7. The van der Waals surface area contributed by atoms with Gasteiger partial charge in [-0.1, -0.05) is 30.3 Å². The fraction of sp³-hybridized carbons (Fsp3) is 0.278. The van der Waals surface area contributed by atoms with Gasteiger partial charge in [0.25, 0.3) is 0 Å². The largest absolute Gasteiger partial charge is 0.454 e. The predicted molar refractivity (Wildman–Crippen MR) is 88.6 cm³/mol. The number of ether oxygens (including phenoxy) is 2. The molecule has 2 aromatic rings. The van der Waals surface area contributed by atoms with Crippen LogP contribution in [-0.4, -0.2) is 30.7 Å². The number of hydrogen-bond donors (Lipinski definition) is 1. The van der Waals surface area contributed by atoms with Gasteiger partial charge in [-0.15, -0.1) is 0 Å². The highest BCUT2D eigenvalue weighted by molar-refractivity contribution is 5.81. The molecule has 0 fully saturated rings. The first kappa shape index (κ1) is 15.2. The fourth-order valence-corrected chi connectivity index (χ4v) is 2.48. The summed E-state index contributed by atoms with van der Waals surface area (Å²) < 4.78 is 10.6. The molecule has 0 aliphatic carbocycles. The van der Waals surface area contributed by atoms with Crippen LogP contribution in [0.3, 0.4) is 0 Å². The van der Waals surface area contributed by atoms with Crippen LogP contribution < -0.4 is 14.8 Å². The van der Waals surface area contributed by atoms with E-state index in [0.717, 1.165) is 17.0 Å². The second kappa shape index (κ2) is 7.05. The van der Waals surface area contributed by atoms with E-state index in [1.807, 2.05) is 60.4 Å². The maximum absolute atomic E-state index is 12.4. The van der Waals surface area contributed by atoms with E-state index in [0.29, 0.717) is 18.8 Å². The van der Waals surface area contributed by atoms with Crippen molar-refractivity contribution in [2.24, 2.45) is 0 Å².